The number of imidazole rings is 1. The lowest BCUT2D eigenvalue weighted by Crippen LogP contribution is -1.73. The number of rotatable bonds is 0. The van der Waals surface area contributed by atoms with Gasteiger partial charge >= 0.3 is 0 Å². The van der Waals surface area contributed by atoms with Crippen LogP contribution in [0.2, 0.25) is 0 Å². The zero-order valence-electron chi connectivity index (χ0n) is 4.61. The molecule has 2 rings (SSSR count). The van der Waals surface area contributed by atoms with Gasteiger partial charge in [0.05, 0.1) is 12.0 Å². The highest BCUT2D eigenvalue weighted by molar-refractivity contribution is 5.51. The van der Waals surface area contributed by atoms with Gasteiger partial charge in [0.1, 0.15) is 18.3 Å². The van der Waals surface area contributed by atoms with Crippen molar-refractivity contribution in [2.45, 2.75) is 0 Å². The number of aromatic nitrogens is 2. The Morgan fingerprint density at radius 3 is 3.00 bits per heavy atom. The van der Waals surface area contributed by atoms with Gasteiger partial charge in [-0.1, -0.05) is 0 Å². The summed E-state index contributed by atoms with van der Waals surface area (Å²) in [4.78, 5) is 7.86. The van der Waals surface area contributed by atoms with Crippen molar-refractivity contribution < 1.29 is 4.42 Å². The van der Waals surface area contributed by atoms with Crippen molar-refractivity contribution >= 4 is 0 Å². The Kier molecular flexibility index (Phi) is 0.773. The van der Waals surface area contributed by atoms with Gasteiger partial charge in [0, 0.05) is 6.07 Å². The van der Waals surface area contributed by atoms with Crippen molar-refractivity contribution in [2.24, 2.45) is 0 Å². The molecular formula is C6H4N2O. The summed E-state index contributed by atoms with van der Waals surface area (Å²) in [5.74, 6) is 0. The molecule has 0 fully saturated rings. The Labute approximate surface area is 51.7 Å². The summed E-state index contributed by atoms with van der Waals surface area (Å²) in [5, 5.41) is 0. The molecule has 0 bridgehead atoms. The van der Waals surface area contributed by atoms with E-state index in [4.69, 9.17) is 4.42 Å². The van der Waals surface area contributed by atoms with Crippen LogP contribution in [0.5, 0.6) is 0 Å². The predicted octanol–water partition coefficient (Wildman–Crippen LogP) is 1.17. The molecule has 44 valence electrons. The van der Waals surface area contributed by atoms with Gasteiger partial charge in [-0.3, -0.25) is 0 Å². The minimum Gasteiger partial charge on any atom is -0.470 e. The normalized spacial score (nSPS) is 10.2. The molecule has 0 saturated carbocycles. The topological polar surface area (TPSA) is 38.9 Å². The van der Waals surface area contributed by atoms with E-state index in [0.717, 1.165) is 11.4 Å². The smallest absolute Gasteiger partial charge is 0.126 e. The molecule has 0 amide bonds. The molecule has 2 heterocycles. The first kappa shape index (κ1) is 4.49. The highest BCUT2D eigenvalue weighted by Gasteiger charge is 2.01. The van der Waals surface area contributed by atoms with E-state index < -0.39 is 0 Å². The first-order chi connectivity index (χ1) is 4.47. The zero-order chi connectivity index (χ0) is 6.10. The number of hydrogen-bond acceptors (Lipinski definition) is 3. The summed E-state index contributed by atoms with van der Waals surface area (Å²) >= 11 is 0. The standard InChI is InChI=1S/C6H4N2O/c1-2-9-3-6-5(1)7-4-8-6/h1-4H. The maximum absolute atomic E-state index is 4.85. The highest BCUT2D eigenvalue weighted by Crippen LogP contribution is 2.13. The summed E-state index contributed by atoms with van der Waals surface area (Å²) in [5.41, 5.74) is 1.68. The molecule has 0 N–H and O–H groups in total. The average Bonchev–Trinajstić information content (AvgIpc) is 2.33. The van der Waals surface area contributed by atoms with Crippen molar-refractivity contribution in [1.82, 2.24) is 9.97 Å². The third-order valence-electron chi connectivity index (χ3n) is 1.14. The molecule has 0 aromatic carbocycles. The lowest BCUT2D eigenvalue weighted by molar-refractivity contribution is 0.550. The summed E-state index contributed by atoms with van der Waals surface area (Å²) in [7, 11) is 0. The van der Waals surface area contributed by atoms with Crippen molar-refractivity contribution in [3.05, 3.63) is 24.9 Å². The van der Waals surface area contributed by atoms with Crippen LogP contribution in [0.15, 0.2) is 29.3 Å². The molecule has 9 heavy (non-hydrogen) atoms. The second kappa shape index (κ2) is 1.55. The molecule has 2 aliphatic rings. The average molecular weight is 120 g/mol. The van der Waals surface area contributed by atoms with Crippen LogP contribution in [-0.2, 0) is 0 Å². The molecule has 3 heteroatoms. The number of fused-ring (bicyclic) bond motifs is 1. The molecule has 3 nitrogen and oxygen atoms in total. The van der Waals surface area contributed by atoms with Crippen molar-refractivity contribution in [1.29, 1.82) is 0 Å². The SMILES string of the molecule is c1nc2ccocc-2n1. The molecule has 0 aromatic heterocycles. The third-order valence-corrected chi connectivity index (χ3v) is 1.14. The summed E-state index contributed by atoms with van der Waals surface area (Å²) in [6.07, 6.45) is 4.67. The van der Waals surface area contributed by atoms with Crippen LogP contribution in [0.1, 0.15) is 0 Å². The summed E-state index contributed by atoms with van der Waals surface area (Å²) < 4.78 is 4.85. The van der Waals surface area contributed by atoms with E-state index >= 15 is 0 Å². The monoisotopic (exact) mass is 120 g/mol. The number of nitrogens with zero attached hydrogens (tertiary/aromatic N) is 2. The van der Waals surface area contributed by atoms with Crippen LogP contribution in [0.3, 0.4) is 0 Å². The molecule has 0 aliphatic carbocycles. The fraction of sp³-hybridized carbons (Fsp3) is 0. The molecule has 0 unspecified atom stereocenters. The quantitative estimate of drug-likeness (QED) is 0.524. The van der Waals surface area contributed by atoms with E-state index in [1.807, 2.05) is 0 Å². The van der Waals surface area contributed by atoms with Gasteiger partial charge in [-0.15, -0.1) is 0 Å². The fourth-order valence-corrected chi connectivity index (χ4v) is 0.712. The first-order valence-corrected chi connectivity index (χ1v) is 2.60. The first-order valence-electron chi connectivity index (χ1n) is 2.60. The van der Waals surface area contributed by atoms with E-state index in [1.54, 1.807) is 18.6 Å². The maximum Gasteiger partial charge on any atom is 0.126 e. The Morgan fingerprint density at radius 2 is 2.11 bits per heavy atom. The maximum atomic E-state index is 4.85. The molecular weight excluding hydrogens is 116 g/mol. The van der Waals surface area contributed by atoms with Crippen LogP contribution in [0.25, 0.3) is 11.4 Å². The predicted molar refractivity (Wildman–Crippen MR) is 30.9 cm³/mol. The molecule has 0 atom stereocenters. The van der Waals surface area contributed by atoms with Crippen LogP contribution < -0.4 is 0 Å². The van der Waals surface area contributed by atoms with Gasteiger partial charge in [-0.2, -0.15) is 0 Å². The largest absolute Gasteiger partial charge is 0.470 e. The molecule has 2 aliphatic heterocycles. The Bertz CT molecular complexity index is 251. The minimum atomic E-state index is 0.803. The van der Waals surface area contributed by atoms with Gasteiger partial charge in [-0.05, 0) is 0 Å². The minimum absolute atomic E-state index is 0.803. The molecule has 0 spiro atoms. The summed E-state index contributed by atoms with van der Waals surface area (Å²) in [6.45, 7) is 0. The van der Waals surface area contributed by atoms with Gasteiger partial charge < -0.3 is 4.42 Å². The Hall–Kier alpha value is -1.38. The number of hydrogen-bond donors (Lipinski definition) is 0. The van der Waals surface area contributed by atoms with Gasteiger partial charge in [-0.25, -0.2) is 9.97 Å². The lowest BCUT2D eigenvalue weighted by Gasteiger charge is -1.88. The second-order valence-electron chi connectivity index (χ2n) is 1.70. The second-order valence-corrected chi connectivity index (χ2v) is 1.70. The van der Waals surface area contributed by atoms with E-state index in [0.29, 0.717) is 0 Å². The molecule has 0 aromatic rings. The van der Waals surface area contributed by atoms with Gasteiger partial charge in [0.2, 0.25) is 0 Å². The summed E-state index contributed by atoms with van der Waals surface area (Å²) in [6, 6.07) is 1.78. The zero-order valence-corrected chi connectivity index (χ0v) is 4.61. The van der Waals surface area contributed by atoms with E-state index in [1.165, 1.54) is 6.33 Å². The van der Waals surface area contributed by atoms with Gasteiger partial charge in [0.15, 0.2) is 0 Å². The van der Waals surface area contributed by atoms with Crippen molar-refractivity contribution in [3.63, 3.8) is 0 Å². The third kappa shape index (κ3) is 0.579. The van der Waals surface area contributed by atoms with E-state index in [9.17, 15) is 0 Å². The van der Waals surface area contributed by atoms with Gasteiger partial charge in [0.25, 0.3) is 0 Å². The Balaban J connectivity index is 2.79. The molecule has 0 saturated heterocycles. The van der Waals surface area contributed by atoms with E-state index in [2.05, 4.69) is 9.97 Å². The van der Waals surface area contributed by atoms with Crippen LogP contribution in [-0.4, -0.2) is 9.97 Å². The van der Waals surface area contributed by atoms with E-state index in [-0.39, 0.29) is 0 Å². The van der Waals surface area contributed by atoms with Crippen molar-refractivity contribution in [3.8, 4) is 11.4 Å². The van der Waals surface area contributed by atoms with Crippen molar-refractivity contribution in [2.75, 3.05) is 0 Å². The van der Waals surface area contributed by atoms with Crippen LogP contribution in [0, 0.1) is 0 Å². The lowest BCUT2D eigenvalue weighted by atomic mass is 10.3. The fourth-order valence-electron chi connectivity index (χ4n) is 0.712. The van der Waals surface area contributed by atoms with Crippen LogP contribution >= 0.6 is 0 Å². The molecule has 0 radical (unpaired) electrons. The van der Waals surface area contributed by atoms with Crippen LogP contribution in [0.4, 0.5) is 0 Å². The highest BCUT2D eigenvalue weighted by atomic mass is 16.3. The Morgan fingerprint density at radius 1 is 1.22 bits per heavy atom.